The Bertz CT molecular complexity index is 2460. The normalized spacial score (nSPS) is 13.1. The predicted molar refractivity (Wildman–Crippen MR) is 195 cm³/mol. The highest BCUT2D eigenvalue weighted by Gasteiger charge is 2.17. The highest BCUT2D eigenvalue weighted by Crippen LogP contribution is 2.41. The van der Waals surface area contributed by atoms with Crippen molar-refractivity contribution in [2.45, 2.75) is 12.8 Å². The first kappa shape index (κ1) is 26.5. The molecule has 0 atom stereocenters. The second-order valence-corrected chi connectivity index (χ2v) is 12.1. The van der Waals surface area contributed by atoms with Gasteiger partial charge in [-0.15, -0.1) is 0 Å². The summed E-state index contributed by atoms with van der Waals surface area (Å²) in [5.74, 6) is 0. The van der Waals surface area contributed by atoms with E-state index in [-0.39, 0.29) is 0 Å². The Hall–Kier alpha value is -5.86. The minimum absolute atomic E-state index is 0.929. The molecule has 0 unspecified atom stereocenters. The third kappa shape index (κ3) is 4.50. The molecule has 9 rings (SSSR count). The fraction of sp³-hybridized carbons (Fsp3) is 0.0455. The molecule has 8 aromatic rings. The van der Waals surface area contributed by atoms with Crippen LogP contribution < -0.4 is 4.90 Å². The van der Waals surface area contributed by atoms with Gasteiger partial charge in [0.15, 0.2) is 0 Å². The second kappa shape index (κ2) is 10.9. The molecule has 0 N–H and O–H groups in total. The Labute approximate surface area is 268 Å². The highest BCUT2D eigenvalue weighted by molar-refractivity contribution is 6.19. The van der Waals surface area contributed by atoms with Crippen molar-refractivity contribution in [2.75, 3.05) is 4.90 Å². The number of furan rings is 1. The van der Waals surface area contributed by atoms with Crippen LogP contribution in [-0.4, -0.2) is 0 Å². The summed E-state index contributed by atoms with van der Waals surface area (Å²) in [5.41, 5.74) is 10.4. The SMILES string of the molecule is C1=CCCC(c2cc(N(c3ccccc3)c3ccc(-c4ccc5c(ccc6oc7ccccc7c65)c4)cc3)cc3ccccc23)=C1. The van der Waals surface area contributed by atoms with E-state index in [0.717, 1.165) is 46.5 Å². The number of para-hydroxylation sites is 2. The maximum atomic E-state index is 6.14. The van der Waals surface area contributed by atoms with Crippen molar-refractivity contribution in [1.29, 1.82) is 0 Å². The Morgan fingerprint density at radius 1 is 0.500 bits per heavy atom. The molecule has 0 saturated heterocycles. The third-order valence-electron chi connectivity index (χ3n) is 9.30. The van der Waals surface area contributed by atoms with Gasteiger partial charge in [-0.3, -0.25) is 0 Å². The van der Waals surface area contributed by atoms with E-state index >= 15 is 0 Å². The number of rotatable bonds is 5. The molecular weight excluding hydrogens is 558 g/mol. The molecule has 0 aliphatic heterocycles. The van der Waals surface area contributed by atoms with Gasteiger partial charge in [-0.2, -0.15) is 0 Å². The molecule has 0 fully saturated rings. The van der Waals surface area contributed by atoms with Gasteiger partial charge < -0.3 is 9.32 Å². The smallest absolute Gasteiger partial charge is 0.136 e. The lowest BCUT2D eigenvalue weighted by Crippen LogP contribution is -2.10. The minimum atomic E-state index is 0.929. The van der Waals surface area contributed by atoms with E-state index < -0.39 is 0 Å². The summed E-state index contributed by atoms with van der Waals surface area (Å²) in [6, 6.07) is 52.4. The number of allylic oxidation sites excluding steroid dienone is 4. The number of hydrogen-bond acceptors (Lipinski definition) is 2. The van der Waals surface area contributed by atoms with Crippen LogP contribution in [0.25, 0.3) is 60.2 Å². The summed E-state index contributed by atoms with van der Waals surface area (Å²) in [5, 5.41) is 7.32. The maximum Gasteiger partial charge on any atom is 0.136 e. The van der Waals surface area contributed by atoms with Crippen molar-refractivity contribution in [3.05, 3.63) is 169 Å². The number of anilines is 3. The van der Waals surface area contributed by atoms with Crippen molar-refractivity contribution < 1.29 is 4.42 Å². The van der Waals surface area contributed by atoms with Crippen LogP contribution in [0, 0.1) is 0 Å². The lowest BCUT2D eigenvalue weighted by Gasteiger charge is -2.27. The van der Waals surface area contributed by atoms with Gasteiger partial charge in [0.05, 0.1) is 0 Å². The minimum Gasteiger partial charge on any atom is -0.456 e. The highest BCUT2D eigenvalue weighted by atomic mass is 16.3. The fourth-order valence-electron chi connectivity index (χ4n) is 7.08. The molecule has 1 heterocycles. The van der Waals surface area contributed by atoms with Crippen LogP contribution in [0.1, 0.15) is 18.4 Å². The molecule has 218 valence electrons. The zero-order valence-electron chi connectivity index (χ0n) is 25.4. The van der Waals surface area contributed by atoms with Crippen molar-refractivity contribution >= 4 is 66.1 Å². The largest absolute Gasteiger partial charge is 0.456 e. The van der Waals surface area contributed by atoms with Crippen LogP contribution >= 0.6 is 0 Å². The summed E-state index contributed by atoms with van der Waals surface area (Å²) in [7, 11) is 0. The van der Waals surface area contributed by atoms with E-state index in [1.807, 2.05) is 12.1 Å². The molecule has 0 amide bonds. The van der Waals surface area contributed by atoms with Crippen LogP contribution in [-0.2, 0) is 0 Å². The molecule has 0 radical (unpaired) electrons. The monoisotopic (exact) mass is 589 g/mol. The Morgan fingerprint density at radius 2 is 1.24 bits per heavy atom. The molecule has 7 aromatic carbocycles. The molecular formula is C44H31NO. The van der Waals surface area contributed by atoms with Crippen LogP contribution in [0.3, 0.4) is 0 Å². The molecule has 0 saturated carbocycles. The zero-order chi connectivity index (χ0) is 30.5. The topological polar surface area (TPSA) is 16.4 Å². The van der Waals surface area contributed by atoms with Gasteiger partial charge in [-0.25, -0.2) is 0 Å². The zero-order valence-corrected chi connectivity index (χ0v) is 25.4. The lowest BCUT2D eigenvalue weighted by molar-refractivity contribution is 0.669. The molecule has 0 bridgehead atoms. The number of benzene rings is 7. The summed E-state index contributed by atoms with van der Waals surface area (Å²) in [6.07, 6.45) is 8.86. The quantitative estimate of drug-likeness (QED) is 0.199. The molecule has 46 heavy (non-hydrogen) atoms. The Balaban J connectivity index is 1.14. The number of hydrogen-bond donors (Lipinski definition) is 0. The Kier molecular flexibility index (Phi) is 6.31. The van der Waals surface area contributed by atoms with E-state index in [1.54, 1.807) is 0 Å². The van der Waals surface area contributed by atoms with Gasteiger partial charge >= 0.3 is 0 Å². The number of fused-ring (bicyclic) bond motifs is 6. The molecule has 2 nitrogen and oxygen atoms in total. The summed E-state index contributed by atoms with van der Waals surface area (Å²) >= 11 is 0. The van der Waals surface area contributed by atoms with Gasteiger partial charge in [0, 0.05) is 27.8 Å². The van der Waals surface area contributed by atoms with Crippen LogP contribution in [0.5, 0.6) is 0 Å². The first-order valence-electron chi connectivity index (χ1n) is 16.0. The summed E-state index contributed by atoms with van der Waals surface area (Å²) in [4.78, 5) is 2.38. The molecule has 1 aliphatic carbocycles. The van der Waals surface area contributed by atoms with E-state index in [9.17, 15) is 0 Å². The molecule has 0 spiro atoms. The average Bonchev–Trinajstić information content (AvgIpc) is 3.52. The second-order valence-electron chi connectivity index (χ2n) is 12.1. The average molecular weight is 590 g/mol. The van der Waals surface area contributed by atoms with Crippen molar-refractivity contribution in [3.63, 3.8) is 0 Å². The van der Waals surface area contributed by atoms with Crippen molar-refractivity contribution in [1.82, 2.24) is 0 Å². The lowest BCUT2D eigenvalue weighted by atomic mass is 9.92. The molecule has 1 aliphatic rings. The van der Waals surface area contributed by atoms with E-state index in [0.29, 0.717) is 0 Å². The van der Waals surface area contributed by atoms with Gasteiger partial charge in [-0.1, -0.05) is 109 Å². The summed E-state index contributed by atoms with van der Waals surface area (Å²) < 4.78 is 6.14. The van der Waals surface area contributed by atoms with Gasteiger partial charge in [0.25, 0.3) is 0 Å². The van der Waals surface area contributed by atoms with Crippen LogP contribution in [0.2, 0.25) is 0 Å². The number of nitrogens with zero attached hydrogens (tertiary/aromatic N) is 1. The summed E-state index contributed by atoms with van der Waals surface area (Å²) in [6.45, 7) is 0. The van der Waals surface area contributed by atoms with Gasteiger partial charge in [-0.05, 0) is 111 Å². The first-order valence-corrected chi connectivity index (χ1v) is 16.0. The fourth-order valence-corrected chi connectivity index (χ4v) is 7.08. The van der Waals surface area contributed by atoms with Crippen LogP contribution in [0.4, 0.5) is 17.1 Å². The van der Waals surface area contributed by atoms with E-state index in [1.165, 1.54) is 49.2 Å². The van der Waals surface area contributed by atoms with Gasteiger partial charge in [0.2, 0.25) is 0 Å². The Morgan fingerprint density at radius 3 is 2.09 bits per heavy atom. The standard InChI is InChI=1S/C44H31NO/c1-3-11-31(12-4-1)41-29-37(28-33-13-7-8-16-38(33)41)45(35-14-5-2-6-15-35)36-23-19-30(20-24-36)32-21-25-39-34(27-32)22-26-43-44(39)40-17-9-10-18-42(40)46-43/h1-3,5-11,13-29H,4,12H2. The molecule has 2 heteroatoms. The first-order chi connectivity index (χ1) is 22.8. The van der Waals surface area contributed by atoms with Crippen molar-refractivity contribution in [3.8, 4) is 11.1 Å². The van der Waals surface area contributed by atoms with Gasteiger partial charge in [0.1, 0.15) is 11.2 Å². The molecule has 1 aromatic heterocycles. The van der Waals surface area contributed by atoms with Crippen LogP contribution in [0.15, 0.2) is 168 Å². The van der Waals surface area contributed by atoms with E-state index in [2.05, 4.69) is 157 Å². The third-order valence-corrected chi connectivity index (χ3v) is 9.30. The van der Waals surface area contributed by atoms with E-state index in [4.69, 9.17) is 4.42 Å². The van der Waals surface area contributed by atoms with Crippen molar-refractivity contribution in [2.24, 2.45) is 0 Å². The maximum absolute atomic E-state index is 6.14. The predicted octanol–water partition coefficient (Wildman–Crippen LogP) is 12.8.